The maximum atomic E-state index is 14.9. The lowest BCUT2D eigenvalue weighted by atomic mass is 9.94. The summed E-state index contributed by atoms with van der Waals surface area (Å²) in [4.78, 5) is 18.8. The number of phenols is 1. The summed E-state index contributed by atoms with van der Waals surface area (Å²) < 4.78 is 35.6. The third-order valence-corrected chi connectivity index (χ3v) is 10.2. The minimum atomic E-state index is -0.876. The van der Waals surface area contributed by atoms with E-state index in [2.05, 4.69) is 21.0 Å². The fourth-order valence-electron chi connectivity index (χ4n) is 7.88. The highest BCUT2D eigenvalue weighted by atomic mass is 35.5. The molecule has 2 aromatic carbocycles. The molecule has 2 N–H and O–H groups in total. The van der Waals surface area contributed by atoms with E-state index in [0.717, 1.165) is 45.3 Å². The maximum Gasteiger partial charge on any atom is 0.319 e. The second-order valence-corrected chi connectivity index (χ2v) is 13.0. The summed E-state index contributed by atoms with van der Waals surface area (Å²) >= 11 is 7.15. The average Bonchev–Trinajstić information content (AvgIpc) is 3.66. The van der Waals surface area contributed by atoms with Crippen LogP contribution in [0.4, 0.5) is 14.6 Å². The number of aromatic nitrogens is 3. The fourth-order valence-corrected chi connectivity index (χ4v) is 8.16. The Bertz CT molecular complexity index is 1850. The molecule has 8 nitrogen and oxygen atoms in total. The van der Waals surface area contributed by atoms with Gasteiger partial charge >= 0.3 is 6.01 Å². The van der Waals surface area contributed by atoms with Gasteiger partial charge in [-0.2, -0.15) is 9.97 Å². The number of pyridine rings is 1. The van der Waals surface area contributed by atoms with E-state index in [1.54, 1.807) is 12.3 Å². The van der Waals surface area contributed by atoms with Crippen molar-refractivity contribution in [1.29, 1.82) is 0 Å². The van der Waals surface area contributed by atoms with Crippen LogP contribution in [-0.4, -0.2) is 81.5 Å². The number of benzene rings is 2. The summed E-state index contributed by atoms with van der Waals surface area (Å²) in [5, 5.41) is 15.5. The van der Waals surface area contributed by atoms with Crippen LogP contribution in [0.1, 0.15) is 37.7 Å². The number of hydrogen-bond donors (Lipinski definition) is 2. The van der Waals surface area contributed by atoms with Crippen LogP contribution in [0.5, 0.6) is 11.8 Å². The van der Waals surface area contributed by atoms with Crippen LogP contribution in [-0.2, 0) is 0 Å². The largest absolute Gasteiger partial charge is 0.508 e. The van der Waals surface area contributed by atoms with Gasteiger partial charge in [0.2, 0.25) is 0 Å². The molecule has 6 heterocycles. The number of nitrogens with one attached hydrogen (secondary N) is 1. The molecule has 44 heavy (non-hydrogen) atoms. The quantitative estimate of drug-likeness (QED) is 0.295. The van der Waals surface area contributed by atoms with Crippen LogP contribution in [0, 0.1) is 18.2 Å². The Balaban J connectivity index is 1.28. The third kappa shape index (κ3) is 4.44. The smallest absolute Gasteiger partial charge is 0.319 e. The predicted molar refractivity (Wildman–Crippen MR) is 166 cm³/mol. The van der Waals surface area contributed by atoms with Gasteiger partial charge in [-0.05, 0) is 61.4 Å². The molecule has 4 aliphatic heterocycles. The molecule has 226 valence electrons. The Morgan fingerprint density at radius 2 is 1.95 bits per heavy atom. The summed E-state index contributed by atoms with van der Waals surface area (Å²) in [6, 6.07) is 6.73. The molecule has 0 spiro atoms. The number of nitrogens with zero attached hydrogens (tertiary/aromatic N) is 5. The first-order chi connectivity index (χ1) is 21.3. The van der Waals surface area contributed by atoms with E-state index < -0.39 is 12.0 Å². The van der Waals surface area contributed by atoms with Crippen molar-refractivity contribution in [3.05, 3.63) is 46.9 Å². The second-order valence-electron chi connectivity index (χ2n) is 12.6. The Hall–Kier alpha value is -3.78. The topological polar surface area (TPSA) is 86.6 Å². The highest BCUT2D eigenvalue weighted by Crippen LogP contribution is 2.43. The van der Waals surface area contributed by atoms with Crippen molar-refractivity contribution in [3.8, 4) is 35.2 Å². The minimum absolute atomic E-state index is 0.0231. The van der Waals surface area contributed by atoms with Crippen molar-refractivity contribution in [2.24, 2.45) is 0 Å². The first kappa shape index (κ1) is 27.7. The molecule has 4 atom stereocenters. The summed E-state index contributed by atoms with van der Waals surface area (Å²) in [5.74, 6) is 2.51. The first-order valence-electron chi connectivity index (χ1n) is 15.1. The van der Waals surface area contributed by atoms with E-state index in [9.17, 15) is 13.9 Å². The summed E-state index contributed by atoms with van der Waals surface area (Å²) in [6.07, 6.45) is 10.9. The summed E-state index contributed by atoms with van der Waals surface area (Å²) in [6.45, 7) is 3.07. The molecule has 4 saturated heterocycles. The first-order valence-corrected chi connectivity index (χ1v) is 15.5. The fraction of sp³-hybridized carbons (Fsp3) is 0.424. The Morgan fingerprint density at radius 1 is 1.14 bits per heavy atom. The third-order valence-electron chi connectivity index (χ3n) is 9.85. The number of fused-ring (bicyclic) bond motifs is 5. The van der Waals surface area contributed by atoms with Crippen LogP contribution in [0.25, 0.3) is 32.9 Å². The number of terminal acetylenes is 1. The number of hydrogen-bond acceptors (Lipinski definition) is 8. The molecule has 0 radical (unpaired) electrons. The van der Waals surface area contributed by atoms with Crippen LogP contribution in [0.15, 0.2) is 30.5 Å². The summed E-state index contributed by atoms with van der Waals surface area (Å²) in [5.41, 5.74) is 1.48. The zero-order chi connectivity index (χ0) is 30.2. The maximum absolute atomic E-state index is 14.9. The van der Waals surface area contributed by atoms with E-state index in [1.165, 1.54) is 18.2 Å². The second kappa shape index (κ2) is 10.4. The number of aromatic hydroxyl groups is 1. The van der Waals surface area contributed by atoms with Gasteiger partial charge < -0.3 is 20.1 Å². The number of halogens is 3. The number of rotatable bonds is 5. The Morgan fingerprint density at radius 3 is 2.75 bits per heavy atom. The van der Waals surface area contributed by atoms with Crippen molar-refractivity contribution in [2.75, 3.05) is 37.7 Å². The number of piperazine rings is 1. The molecule has 3 unspecified atom stereocenters. The Kier molecular flexibility index (Phi) is 6.56. The highest BCUT2D eigenvalue weighted by Gasteiger charge is 2.49. The van der Waals surface area contributed by atoms with Gasteiger partial charge in [0.1, 0.15) is 35.4 Å². The van der Waals surface area contributed by atoms with Gasteiger partial charge in [0.15, 0.2) is 5.82 Å². The number of ether oxygens (including phenoxy) is 1. The van der Waals surface area contributed by atoms with E-state index in [1.807, 2.05) is 0 Å². The number of alkyl halides is 1. The van der Waals surface area contributed by atoms with Crippen LogP contribution >= 0.6 is 11.6 Å². The SMILES string of the molecule is C#Cc1c(F)ccc2cc(O)cc(-c3cnc4c(N5CC6CCC(C5)N6)nc(OCC56CCCN5C[C@H](F)C6)nc4c3Cl)c12. The van der Waals surface area contributed by atoms with E-state index in [-0.39, 0.29) is 34.5 Å². The standard InChI is InChI=1S/C33H31ClF2N6O2/c1-2-23-26(36)7-4-18-10-22(43)11-24(27(18)23)25-13-37-30-29(28(25)34)39-32(40-31(30)41-15-20-5-6-21(16-41)38-20)44-17-33-8-3-9-42(33)14-19(35)12-33/h1,4,7,10-11,13,19-21,38,43H,3,5-6,8-9,12,14-17H2/t19-,20?,21?,33?/m1/s1. The van der Waals surface area contributed by atoms with Crippen molar-refractivity contribution >= 4 is 39.2 Å². The van der Waals surface area contributed by atoms with Crippen LogP contribution < -0.4 is 15.0 Å². The molecule has 0 aliphatic carbocycles. The lowest BCUT2D eigenvalue weighted by Crippen LogP contribution is -2.51. The van der Waals surface area contributed by atoms with Crippen LogP contribution in [0.2, 0.25) is 5.02 Å². The lowest BCUT2D eigenvalue weighted by molar-refractivity contribution is 0.107. The highest BCUT2D eigenvalue weighted by molar-refractivity contribution is 6.38. The number of anilines is 1. The van der Waals surface area contributed by atoms with Crippen molar-refractivity contribution < 1.29 is 18.6 Å². The van der Waals surface area contributed by atoms with Gasteiger partial charge in [-0.1, -0.05) is 23.6 Å². The minimum Gasteiger partial charge on any atom is -0.508 e. The molecule has 4 aromatic rings. The van der Waals surface area contributed by atoms with Crippen molar-refractivity contribution in [3.63, 3.8) is 0 Å². The van der Waals surface area contributed by atoms with Gasteiger partial charge in [0, 0.05) is 55.3 Å². The van der Waals surface area contributed by atoms with Gasteiger partial charge in [-0.15, -0.1) is 6.42 Å². The van der Waals surface area contributed by atoms with E-state index in [0.29, 0.717) is 63.8 Å². The average molecular weight is 617 g/mol. The zero-order valence-electron chi connectivity index (χ0n) is 24.0. The Labute approximate surface area is 258 Å². The molecule has 2 aromatic heterocycles. The van der Waals surface area contributed by atoms with Gasteiger partial charge in [0.25, 0.3) is 0 Å². The van der Waals surface area contributed by atoms with Crippen LogP contribution in [0.3, 0.4) is 0 Å². The molecule has 0 saturated carbocycles. The molecular weight excluding hydrogens is 586 g/mol. The normalized spacial score (nSPS) is 26.4. The van der Waals surface area contributed by atoms with Crippen molar-refractivity contribution in [1.82, 2.24) is 25.2 Å². The van der Waals surface area contributed by atoms with Gasteiger partial charge in [0.05, 0.1) is 16.1 Å². The van der Waals surface area contributed by atoms with Gasteiger partial charge in [-0.3, -0.25) is 4.90 Å². The lowest BCUT2D eigenvalue weighted by Gasteiger charge is -2.34. The zero-order valence-corrected chi connectivity index (χ0v) is 24.7. The molecule has 2 bridgehead atoms. The molecule has 0 amide bonds. The molecule has 4 aliphatic rings. The number of phenolic OH excluding ortho intramolecular Hbond substituents is 1. The molecule has 8 rings (SSSR count). The van der Waals surface area contributed by atoms with Crippen molar-refractivity contribution in [2.45, 2.75) is 55.9 Å². The van der Waals surface area contributed by atoms with E-state index >= 15 is 0 Å². The molecule has 4 fully saturated rings. The summed E-state index contributed by atoms with van der Waals surface area (Å²) in [7, 11) is 0. The predicted octanol–water partition coefficient (Wildman–Crippen LogP) is 5.22. The molecule has 11 heteroatoms. The van der Waals surface area contributed by atoms with Gasteiger partial charge in [-0.25, -0.2) is 13.8 Å². The van der Waals surface area contributed by atoms with E-state index in [4.69, 9.17) is 37.7 Å². The molecular formula is C33H31ClF2N6O2. The monoisotopic (exact) mass is 616 g/mol.